The van der Waals surface area contributed by atoms with Gasteiger partial charge in [0.25, 0.3) is 0 Å². The molecule has 0 aromatic carbocycles. The first kappa shape index (κ1) is 6.66. The molecule has 1 aliphatic carbocycles. The molecule has 1 aliphatic heterocycles. The van der Waals surface area contributed by atoms with Gasteiger partial charge in [0, 0.05) is 6.04 Å². The number of hydrogen-bond donors (Lipinski definition) is 0. The lowest BCUT2D eigenvalue weighted by Gasteiger charge is -2.32. The molecule has 0 aromatic heterocycles. The highest BCUT2D eigenvalue weighted by Crippen LogP contribution is 2.38. The minimum absolute atomic E-state index is 0.841. The van der Waals surface area contributed by atoms with Crippen molar-refractivity contribution in [2.24, 2.45) is 5.92 Å². The molecule has 1 saturated heterocycles. The van der Waals surface area contributed by atoms with E-state index in [1.54, 1.807) is 0 Å². The summed E-state index contributed by atoms with van der Waals surface area (Å²) in [6.07, 6.45) is 8.20. The third kappa shape index (κ3) is 1.20. The fourth-order valence-electron chi connectivity index (χ4n) is 1.95. The fourth-order valence-corrected chi connectivity index (χ4v) is 1.95. The summed E-state index contributed by atoms with van der Waals surface area (Å²) in [4.78, 5) is 2.52. The standard InChI is InChI=1S/C9H16N/c1-10-7-3-2-4-9(10)8-5-6-8/h4,8-9H,2-3,5-7H2,1H3. The third-order valence-corrected chi connectivity index (χ3v) is 2.74. The third-order valence-electron chi connectivity index (χ3n) is 2.74. The summed E-state index contributed by atoms with van der Waals surface area (Å²) < 4.78 is 0. The average molecular weight is 138 g/mol. The molecule has 1 radical (unpaired) electrons. The maximum Gasteiger partial charge on any atom is 0.0152 e. The van der Waals surface area contributed by atoms with E-state index < -0.39 is 0 Å². The highest BCUT2D eigenvalue weighted by Gasteiger charge is 2.34. The van der Waals surface area contributed by atoms with Crippen molar-refractivity contribution < 1.29 is 0 Å². The second-order valence-electron chi connectivity index (χ2n) is 3.69. The Morgan fingerprint density at radius 2 is 2.20 bits per heavy atom. The zero-order chi connectivity index (χ0) is 6.97. The van der Waals surface area contributed by atoms with E-state index in [1.165, 1.54) is 32.2 Å². The van der Waals surface area contributed by atoms with Crippen LogP contribution in [0.5, 0.6) is 0 Å². The molecule has 1 unspecified atom stereocenters. The predicted molar refractivity (Wildman–Crippen MR) is 42.7 cm³/mol. The van der Waals surface area contributed by atoms with Gasteiger partial charge in [-0.25, -0.2) is 0 Å². The SMILES string of the molecule is CN1CCC[CH]C1C1CC1. The predicted octanol–water partition coefficient (Wildman–Crippen LogP) is 1.69. The van der Waals surface area contributed by atoms with E-state index in [9.17, 15) is 0 Å². The molecular formula is C9H16N. The monoisotopic (exact) mass is 138 g/mol. The van der Waals surface area contributed by atoms with E-state index >= 15 is 0 Å². The van der Waals surface area contributed by atoms with Gasteiger partial charge in [-0.3, -0.25) is 0 Å². The molecule has 0 aromatic rings. The van der Waals surface area contributed by atoms with Crippen LogP contribution in [0.25, 0.3) is 0 Å². The Hall–Kier alpha value is -0.0400. The summed E-state index contributed by atoms with van der Waals surface area (Å²) in [5, 5.41) is 0. The van der Waals surface area contributed by atoms with Gasteiger partial charge in [-0.05, 0) is 51.6 Å². The summed E-state index contributed by atoms with van der Waals surface area (Å²) in [5.41, 5.74) is 0. The van der Waals surface area contributed by atoms with Crippen molar-refractivity contribution in [3.05, 3.63) is 6.42 Å². The maximum absolute atomic E-state index is 2.52. The largest absolute Gasteiger partial charge is 0.303 e. The topological polar surface area (TPSA) is 3.24 Å². The van der Waals surface area contributed by atoms with Crippen LogP contribution in [-0.4, -0.2) is 24.5 Å². The second kappa shape index (κ2) is 2.54. The van der Waals surface area contributed by atoms with Crippen LogP contribution in [0, 0.1) is 12.3 Å². The minimum atomic E-state index is 0.841. The Labute approximate surface area is 63.4 Å². The van der Waals surface area contributed by atoms with E-state index in [-0.39, 0.29) is 0 Å². The van der Waals surface area contributed by atoms with Gasteiger partial charge in [-0.1, -0.05) is 0 Å². The molecule has 1 atom stereocenters. The van der Waals surface area contributed by atoms with E-state index in [1.807, 2.05) is 0 Å². The van der Waals surface area contributed by atoms with Gasteiger partial charge in [0.2, 0.25) is 0 Å². The summed E-state index contributed by atoms with van der Waals surface area (Å²) >= 11 is 0. The van der Waals surface area contributed by atoms with Gasteiger partial charge in [0.05, 0.1) is 0 Å². The van der Waals surface area contributed by atoms with Gasteiger partial charge in [0.1, 0.15) is 0 Å². The van der Waals surface area contributed by atoms with Crippen LogP contribution in [0.2, 0.25) is 0 Å². The summed E-state index contributed by atoms with van der Waals surface area (Å²) in [6.45, 7) is 1.32. The van der Waals surface area contributed by atoms with Crippen molar-refractivity contribution in [2.45, 2.75) is 31.7 Å². The molecule has 2 fully saturated rings. The number of hydrogen-bond acceptors (Lipinski definition) is 1. The van der Waals surface area contributed by atoms with Crippen LogP contribution in [0.1, 0.15) is 25.7 Å². The van der Waals surface area contributed by atoms with Crippen molar-refractivity contribution in [1.82, 2.24) is 4.90 Å². The van der Waals surface area contributed by atoms with E-state index in [4.69, 9.17) is 0 Å². The molecule has 1 heteroatoms. The van der Waals surface area contributed by atoms with Crippen LogP contribution in [0.15, 0.2) is 0 Å². The van der Waals surface area contributed by atoms with Crippen LogP contribution < -0.4 is 0 Å². The Morgan fingerprint density at radius 1 is 1.40 bits per heavy atom. The molecular weight excluding hydrogens is 122 g/mol. The van der Waals surface area contributed by atoms with Crippen molar-refractivity contribution in [3.8, 4) is 0 Å². The summed E-state index contributed by atoms with van der Waals surface area (Å²) in [6, 6.07) is 0.841. The van der Waals surface area contributed by atoms with Crippen LogP contribution in [0.4, 0.5) is 0 Å². The Kier molecular flexibility index (Phi) is 1.69. The van der Waals surface area contributed by atoms with E-state index in [2.05, 4.69) is 18.4 Å². The quantitative estimate of drug-likeness (QED) is 0.533. The number of rotatable bonds is 1. The van der Waals surface area contributed by atoms with E-state index in [0.717, 1.165) is 12.0 Å². The molecule has 1 nitrogen and oxygen atoms in total. The zero-order valence-electron chi connectivity index (χ0n) is 6.71. The lowest BCUT2D eigenvalue weighted by molar-refractivity contribution is 0.210. The van der Waals surface area contributed by atoms with Crippen LogP contribution in [-0.2, 0) is 0 Å². The first-order valence-corrected chi connectivity index (χ1v) is 4.41. The van der Waals surface area contributed by atoms with Gasteiger partial charge >= 0.3 is 0 Å². The zero-order valence-corrected chi connectivity index (χ0v) is 6.71. The van der Waals surface area contributed by atoms with Gasteiger partial charge < -0.3 is 4.90 Å². The van der Waals surface area contributed by atoms with Gasteiger partial charge in [-0.2, -0.15) is 0 Å². The molecule has 0 amide bonds. The molecule has 10 heavy (non-hydrogen) atoms. The molecule has 0 bridgehead atoms. The normalized spacial score (nSPS) is 36.3. The van der Waals surface area contributed by atoms with Crippen molar-refractivity contribution in [2.75, 3.05) is 13.6 Å². The van der Waals surface area contributed by atoms with E-state index in [0.29, 0.717) is 0 Å². The smallest absolute Gasteiger partial charge is 0.0152 e. The second-order valence-corrected chi connectivity index (χ2v) is 3.69. The molecule has 1 saturated carbocycles. The highest BCUT2D eigenvalue weighted by molar-refractivity contribution is 4.98. The first-order chi connectivity index (χ1) is 4.88. The molecule has 57 valence electrons. The Bertz CT molecular complexity index is 118. The average Bonchev–Trinajstić information content (AvgIpc) is 2.71. The molecule has 2 aliphatic rings. The van der Waals surface area contributed by atoms with Crippen LogP contribution in [0.3, 0.4) is 0 Å². The Balaban J connectivity index is 1.90. The Morgan fingerprint density at radius 3 is 2.80 bits per heavy atom. The number of likely N-dealkylation sites (tertiary alicyclic amines) is 1. The van der Waals surface area contributed by atoms with Crippen LogP contribution >= 0.6 is 0 Å². The molecule has 2 rings (SSSR count). The number of nitrogens with zero attached hydrogens (tertiary/aromatic N) is 1. The molecule has 0 spiro atoms. The minimum Gasteiger partial charge on any atom is -0.303 e. The van der Waals surface area contributed by atoms with Crippen molar-refractivity contribution in [1.29, 1.82) is 0 Å². The fraction of sp³-hybridized carbons (Fsp3) is 0.889. The number of piperidine rings is 1. The summed E-state index contributed by atoms with van der Waals surface area (Å²) in [7, 11) is 2.26. The van der Waals surface area contributed by atoms with Crippen molar-refractivity contribution >= 4 is 0 Å². The lowest BCUT2D eigenvalue weighted by Crippen LogP contribution is -2.38. The first-order valence-electron chi connectivity index (χ1n) is 4.41. The lowest BCUT2D eigenvalue weighted by atomic mass is 9.99. The summed E-state index contributed by atoms with van der Waals surface area (Å²) in [5.74, 6) is 1.03. The maximum atomic E-state index is 2.52. The van der Waals surface area contributed by atoms with Gasteiger partial charge in [-0.15, -0.1) is 0 Å². The highest BCUT2D eigenvalue weighted by atomic mass is 15.1. The molecule has 1 heterocycles. The van der Waals surface area contributed by atoms with Crippen molar-refractivity contribution in [3.63, 3.8) is 0 Å². The molecule has 0 N–H and O–H groups in total. The van der Waals surface area contributed by atoms with Gasteiger partial charge in [0.15, 0.2) is 0 Å².